The van der Waals surface area contributed by atoms with Gasteiger partial charge in [-0.2, -0.15) is 0 Å². The van der Waals surface area contributed by atoms with E-state index in [9.17, 15) is 4.79 Å². The van der Waals surface area contributed by atoms with Crippen molar-refractivity contribution >= 4 is 5.78 Å². The number of carbonyl (C=O) groups excluding carboxylic acids is 1. The van der Waals surface area contributed by atoms with Gasteiger partial charge in [0, 0.05) is 0 Å². The van der Waals surface area contributed by atoms with E-state index in [2.05, 4.69) is 0 Å². The van der Waals surface area contributed by atoms with Gasteiger partial charge >= 0.3 is 0 Å². The minimum absolute atomic E-state index is 0.133. The Morgan fingerprint density at radius 2 is 2.06 bits per heavy atom. The number of ether oxygens (including phenoxy) is 1. The molecule has 1 aromatic carbocycles. The van der Waals surface area contributed by atoms with Crippen molar-refractivity contribution in [3.8, 4) is 0 Å². The first kappa shape index (κ1) is 10.9. The summed E-state index contributed by atoms with van der Waals surface area (Å²) in [6, 6.07) is 8.73. The number of rotatable bonds is 3. The Hall–Kier alpha value is -1.61. The summed E-state index contributed by atoms with van der Waals surface area (Å²) in [5.41, 5.74) is 6.72. The molecule has 1 atom stereocenters. The van der Waals surface area contributed by atoms with Crippen molar-refractivity contribution < 1.29 is 9.53 Å². The zero-order valence-corrected chi connectivity index (χ0v) is 9.06. The molecule has 0 amide bonds. The maximum atomic E-state index is 12.0. The Labute approximate surface area is 94.9 Å². The van der Waals surface area contributed by atoms with Crippen LogP contribution in [-0.4, -0.2) is 12.4 Å². The first-order chi connectivity index (χ1) is 7.79. The fraction of sp³-hybridized carbons (Fsp3) is 0.308. The van der Waals surface area contributed by atoms with E-state index in [1.165, 1.54) is 0 Å². The summed E-state index contributed by atoms with van der Waals surface area (Å²) >= 11 is 0. The molecule has 1 aromatic rings. The highest BCUT2D eigenvalue weighted by Crippen LogP contribution is 2.19. The van der Waals surface area contributed by atoms with Crippen molar-refractivity contribution in [2.24, 2.45) is 5.73 Å². The Kier molecular flexibility index (Phi) is 3.37. The van der Waals surface area contributed by atoms with Gasteiger partial charge < -0.3 is 10.5 Å². The van der Waals surface area contributed by atoms with Crippen LogP contribution < -0.4 is 5.73 Å². The number of carbonyl (C=O) groups is 1. The predicted octanol–water partition coefficient (Wildman–Crippen LogP) is 1.95. The van der Waals surface area contributed by atoms with Gasteiger partial charge in [-0.25, -0.2) is 0 Å². The summed E-state index contributed by atoms with van der Waals surface area (Å²) in [4.78, 5) is 12.0. The lowest BCUT2D eigenvalue weighted by atomic mass is 10.0. The Morgan fingerprint density at radius 1 is 1.31 bits per heavy atom. The van der Waals surface area contributed by atoms with E-state index in [1.807, 2.05) is 36.4 Å². The number of hydrogen-bond donors (Lipinski definition) is 1. The first-order valence-electron chi connectivity index (χ1n) is 5.47. The maximum Gasteiger partial charge on any atom is 0.218 e. The van der Waals surface area contributed by atoms with E-state index < -0.39 is 6.04 Å². The number of benzene rings is 1. The third-order valence-corrected chi connectivity index (χ3v) is 2.62. The molecule has 1 aliphatic rings. The van der Waals surface area contributed by atoms with Crippen molar-refractivity contribution in [2.45, 2.75) is 18.9 Å². The molecule has 0 bridgehead atoms. The summed E-state index contributed by atoms with van der Waals surface area (Å²) in [6.07, 6.45) is 3.69. The molecule has 2 N–H and O–H groups in total. The number of Topliss-reactive ketones (excluding diaryl/α,β-unsaturated/α-hetero) is 1. The van der Waals surface area contributed by atoms with Crippen LogP contribution in [0.25, 0.3) is 0 Å². The topological polar surface area (TPSA) is 52.3 Å². The van der Waals surface area contributed by atoms with Gasteiger partial charge in [-0.1, -0.05) is 30.3 Å². The fourth-order valence-corrected chi connectivity index (χ4v) is 1.69. The lowest BCUT2D eigenvalue weighted by molar-refractivity contribution is -0.120. The molecule has 3 heteroatoms. The Balaban J connectivity index is 2.13. The van der Waals surface area contributed by atoms with Gasteiger partial charge in [0.2, 0.25) is 5.78 Å². The molecule has 0 aromatic heterocycles. The molecular weight excluding hydrogens is 202 g/mol. The van der Waals surface area contributed by atoms with E-state index >= 15 is 0 Å². The molecule has 0 saturated carbocycles. The average Bonchev–Trinajstić information content (AvgIpc) is 2.39. The van der Waals surface area contributed by atoms with Gasteiger partial charge in [0.1, 0.15) is 0 Å². The standard InChI is InChI=1S/C13H15NO2/c14-12(10-6-2-1-3-7-10)13(15)11-8-4-5-9-16-11/h1-3,6-8,12H,4-5,9,14H2. The van der Waals surface area contributed by atoms with Crippen LogP contribution in [0.1, 0.15) is 24.4 Å². The minimum atomic E-state index is -0.620. The van der Waals surface area contributed by atoms with Gasteiger partial charge in [0.05, 0.1) is 12.6 Å². The van der Waals surface area contributed by atoms with Crippen LogP contribution in [0, 0.1) is 0 Å². The third kappa shape index (κ3) is 2.31. The molecule has 0 saturated heterocycles. The maximum absolute atomic E-state index is 12.0. The van der Waals surface area contributed by atoms with E-state index in [-0.39, 0.29) is 5.78 Å². The molecule has 3 nitrogen and oxygen atoms in total. The average molecular weight is 217 g/mol. The van der Waals surface area contributed by atoms with Crippen LogP contribution >= 0.6 is 0 Å². The smallest absolute Gasteiger partial charge is 0.218 e. The van der Waals surface area contributed by atoms with Gasteiger partial charge in [-0.05, 0) is 24.5 Å². The Morgan fingerprint density at radius 3 is 2.69 bits per heavy atom. The first-order valence-corrected chi connectivity index (χ1v) is 5.47. The predicted molar refractivity (Wildman–Crippen MR) is 61.6 cm³/mol. The van der Waals surface area contributed by atoms with Crippen molar-refractivity contribution in [3.05, 3.63) is 47.7 Å². The minimum Gasteiger partial charge on any atom is -0.490 e. The van der Waals surface area contributed by atoms with Gasteiger partial charge in [0.25, 0.3) is 0 Å². The van der Waals surface area contributed by atoms with Crippen molar-refractivity contribution in [2.75, 3.05) is 6.61 Å². The van der Waals surface area contributed by atoms with Gasteiger partial charge in [-0.15, -0.1) is 0 Å². The second kappa shape index (κ2) is 4.94. The Bertz CT molecular complexity index is 398. The molecule has 2 rings (SSSR count). The van der Waals surface area contributed by atoms with Crippen LogP contribution in [0.5, 0.6) is 0 Å². The largest absolute Gasteiger partial charge is 0.490 e. The van der Waals surface area contributed by atoms with Crippen LogP contribution in [-0.2, 0) is 9.53 Å². The van der Waals surface area contributed by atoms with Crippen LogP contribution in [0.2, 0.25) is 0 Å². The zero-order chi connectivity index (χ0) is 11.4. The summed E-state index contributed by atoms with van der Waals surface area (Å²) < 4.78 is 5.31. The highest BCUT2D eigenvalue weighted by Gasteiger charge is 2.22. The normalized spacial score (nSPS) is 17.2. The molecule has 1 unspecified atom stereocenters. The molecule has 84 valence electrons. The fourth-order valence-electron chi connectivity index (χ4n) is 1.69. The second-order valence-electron chi connectivity index (χ2n) is 3.81. The second-order valence-corrected chi connectivity index (χ2v) is 3.81. The number of nitrogens with two attached hydrogens (primary N) is 1. The summed E-state index contributed by atoms with van der Waals surface area (Å²) in [7, 11) is 0. The summed E-state index contributed by atoms with van der Waals surface area (Å²) in [6.45, 7) is 0.610. The molecule has 0 spiro atoms. The van der Waals surface area contributed by atoms with Crippen molar-refractivity contribution in [3.63, 3.8) is 0 Å². The zero-order valence-electron chi connectivity index (χ0n) is 9.06. The summed E-state index contributed by atoms with van der Waals surface area (Å²) in [5.74, 6) is 0.286. The highest BCUT2D eigenvalue weighted by molar-refractivity contribution is 5.98. The lowest BCUT2D eigenvalue weighted by Crippen LogP contribution is -2.25. The highest BCUT2D eigenvalue weighted by atomic mass is 16.5. The van der Waals surface area contributed by atoms with E-state index in [4.69, 9.17) is 10.5 Å². The van der Waals surface area contributed by atoms with Gasteiger partial charge in [0.15, 0.2) is 5.76 Å². The van der Waals surface area contributed by atoms with E-state index in [0.29, 0.717) is 12.4 Å². The molecule has 1 heterocycles. The van der Waals surface area contributed by atoms with Gasteiger partial charge in [-0.3, -0.25) is 4.79 Å². The van der Waals surface area contributed by atoms with Crippen molar-refractivity contribution in [1.29, 1.82) is 0 Å². The number of ketones is 1. The van der Waals surface area contributed by atoms with Crippen LogP contribution in [0.15, 0.2) is 42.2 Å². The molecule has 0 radical (unpaired) electrons. The molecule has 0 aliphatic carbocycles. The molecule has 16 heavy (non-hydrogen) atoms. The van der Waals surface area contributed by atoms with E-state index in [1.54, 1.807) is 0 Å². The molecule has 0 fully saturated rings. The number of hydrogen-bond acceptors (Lipinski definition) is 3. The summed E-state index contributed by atoms with van der Waals surface area (Å²) in [5, 5.41) is 0. The monoisotopic (exact) mass is 217 g/mol. The SMILES string of the molecule is NC(C(=O)C1=CCCCO1)c1ccccc1. The van der Waals surface area contributed by atoms with Crippen LogP contribution in [0.4, 0.5) is 0 Å². The van der Waals surface area contributed by atoms with Crippen LogP contribution in [0.3, 0.4) is 0 Å². The quantitative estimate of drug-likeness (QED) is 0.841. The molecular formula is C13H15NO2. The number of allylic oxidation sites excluding steroid dienone is 1. The molecule has 1 aliphatic heterocycles. The van der Waals surface area contributed by atoms with E-state index in [0.717, 1.165) is 18.4 Å². The lowest BCUT2D eigenvalue weighted by Gasteiger charge is -2.17. The van der Waals surface area contributed by atoms with Crippen molar-refractivity contribution in [1.82, 2.24) is 0 Å². The third-order valence-electron chi connectivity index (χ3n) is 2.62.